The predicted octanol–water partition coefficient (Wildman–Crippen LogP) is -0.191. The van der Waals surface area contributed by atoms with Crippen LogP contribution in [0.1, 0.15) is 22.3 Å². The Morgan fingerprint density at radius 2 is 2.08 bits per heavy atom. The van der Waals surface area contributed by atoms with Crippen molar-refractivity contribution in [1.29, 1.82) is 0 Å². The summed E-state index contributed by atoms with van der Waals surface area (Å²) in [4.78, 5) is 14.3. The Kier molecular flexibility index (Phi) is 4.68. The lowest BCUT2D eigenvalue weighted by Gasteiger charge is -2.31. The van der Waals surface area contributed by atoms with Crippen LogP contribution in [0.25, 0.3) is 0 Å². The fourth-order valence-electron chi connectivity index (χ4n) is 2.48. The number of nitrogens with zero attached hydrogens (tertiary/aromatic N) is 5. The number of hydrogen-bond acceptors (Lipinski definition) is 7. The molecule has 0 radical (unpaired) electrons. The highest BCUT2D eigenvalue weighted by molar-refractivity contribution is 7.92. The number of carbonyl (C=O) groups is 1. The third kappa shape index (κ3) is 3.77. The molecule has 1 aromatic carbocycles. The van der Waals surface area contributed by atoms with Crippen LogP contribution in [0.4, 0.5) is 5.69 Å². The molecule has 1 saturated heterocycles. The number of ether oxygens (including phenoxy) is 1. The van der Waals surface area contributed by atoms with Gasteiger partial charge in [0.2, 0.25) is 15.8 Å². The zero-order chi connectivity index (χ0) is 18.0. The van der Waals surface area contributed by atoms with Crippen molar-refractivity contribution in [3.8, 4) is 0 Å². The van der Waals surface area contributed by atoms with Crippen molar-refractivity contribution in [3.63, 3.8) is 0 Å². The summed E-state index contributed by atoms with van der Waals surface area (Å²) in [7, 11) is -1.88. The van der Waals surface area contributed by atoms with Crippen molar-refractivity contribution in [2.45, 2.75) is 6.10 Å². The zero-order valence-electron chi connectivity index (χ0n) is 13.8. The Hall–Kier alpha value is -2.53. The molecule has 11 heteroatoms. The molecule has 1 fully saturated rings. The molecule has 10 nitrogen and oxygen atoms in total. The smallest absolute Gasteiger partial charge is 0.254 e. The summed E-state index contributed by atoms with van der Waals surface area (Å²) in [5, 5.41) is 13.6. The number of morpholine rings is 1. The van der Waals surface area contributed by atoms with E-state index in [0.29, 0.717) is 36.8 Å². The fourth-order valence-corrected chi connectivity index (χ4v) is 2.99. The second-order valence-electron chi connectivity index (χ2n) is 5.66. The molecule has 0 saturated carbocycles. The molecule has 2 heterocycles. The minimum absolute atomic E-state index is 0.162. The lowest BCUT2D eigenvalue weighted by molar-refractivity contribution is -0.0268. The summed E-state index contributed by atoms with van der Waals surface area (Å²) in [6.07, 6.45) is 0.699. The molecular formula is C14H18N6O4S. The number of amides is 1. The molecule has 134 valence electrons. The van der Waals surface area contributed by atoms with E-state index in [9.17, 15) is 13.2 Å². The Morgan fingerprint density at radius 1 is 1.36 bits per heavy atom. The van der Waals surface area contributed by atoms with Crippen molar-refractivity contribution in [2.75, 3.05) is 37.3 Å². The van der Waals surface area contributed by atoms with E-state index in [0.717, 1.165) is 10.6 Å². The van der Waals surface area contributed by atoms with Gasteiger partial charge in [-0.3, -0.25) is 9.10 Å². The summed E-state index contributed by atoms with van der Waals surface area (Å²) < 4.78 is 29.9. The largest absolute Gasteiger partial charge is 0.366 e. The van der Waals surface area contributed by atoms with Crippen LogP contribution in [-0.4, -0.2) is 72.8 Å². The van der Waals surface area contributed by atoms with Crippen LogP contribution < -0.4 is 4.31 Å². The summed E-state index contributed by atoms with van der Waals surface area (Å²) in [5.41, 5.74) is 0.963. The number of nitrogens with one attached hydrogen (secondary N) is 1. The van der Waals surface area contributed by atoms with Crippen LogP contribution in [-0.2, 0) is 14.8 Å². The van der Waals surface area contributed by atoms with Crippen LogP contribution >= 0.6 is 0 Å². The van der Waals surface area contributed by atoms with Crippen LogP contribution in [0, 0.1) is 0 Å². The highest BCUT2D eigenvalue weighted by Gasteiger charge is 2.28. The topological polar surface area (TPSA) is 121 Å². The zero-order valence-corrected chi connectivity index (χ0v) is 14.6. The summed E-state index contributed by atoms with van der Waals surface area (Å²) in [6.45, 7) is 1.15. The first-order valence-electron chi connectivity index (χ1n) is 7.54. The molecule has 1 unspecified atom stereocenters. The van der Waals surface area contributed by atoms with Crippen molar-refractivity contribution < 1.29 is 17.9 Å². The molecule has 25 heavy (non-hydrogen) atoms. The van der Waals surface area contributed by atoms with Crippen molar-refractivity contribution in [3.05, 3.63) is 35.7 Å². The standard InChI is InChI=1S/C14H18N6O4S/c1-19(25(2,22)23)11-5-3-10(4-6-11)14(21)20-7-8-24-12(9-20)13-15-17-18-16-13/h3-6,12H,7-9H2,1-2H3,(H,15,16,17,18). The first-order valence-corrected chi connectivity index (χ1v) is 9.39. The molecule has 1 N–H and O–H groups in total. The number of rotatable bonds is 4. The van der Waals surface area contributed by atoms with Gasteiger partial charge in [0, 0.05) is 19.2 Å². The first kappa shape index (κ1) is 17.3. The molecule has 3 rings (SSSR count). The molecule has 0 bridgehead atoms. The summed E-state index contributed by atoms with van der Waals surface area (Å²) in [6, 6.07) is 6.42. The Balaban J connectivity index is 1.72. The Bertz CT molecular complexity index is 837. The van der Waals surface area contributed by atoms with Gasteiger partial charge in [0.25, 0.3) is 5.91 Å². The van der Waals surface area contributed by atoms with Gasteiger partial charge in [-0.1, -0.05) is 5.21 Å². The highest BCUT2D eigenvalue weighted by atomic mass is 32.2. The fraction of sp³-hybridized carbons (Fsp3) is 0.429. The molecular weight excluding hydrogens is 348 g/mol. The SMILES string of the molecule is CN(c1ccc(C(=O)N2CCOC(c3nn[nH]n3)C2)cc1)S(C)(=O)=O. The Morgan fingerprint density at radius 3 is 2.68 bits per heavy atom. The normalized spacial score (nSPS) is 18.2. The number of carbonyl (C=O) groups excluding carboxylic acids is 1. The van der Waals surface area contributed by atoms with E-state index in [1.165, 1.54) is 7.05 Å². The molecule has 1 amide bonds. The van der Waals surface area contributed by atoms with E-state index in [1.54, 1.807) is 29.2 Å². The molecule has 1 aliphatic heterocycles. The van der Waals surface area contributed by atoms with Gasteiger partial charge in [-0.15, -0.1) is 10.2 Å². The lowest BCUT2D eigenvalue weighted by atomic mass is 10.1. The second-order valence-corrected chi connectivity index (χ2v) is 7.67. The van der Waals surface area contributed by atoms with Crippen molar-refractivity contribution >= 4 is 21.6 Å². The molecule has 1 atom stereocenters. The molecule has 2 aromatic rings. The number of hydrogen-bond donors (Lipinski definition) is 1. The number of benzene rings is 1. The van der Waals surface area contributed by atoms with E-state index in [2.05, 4.69) is 20.6 Å². The number of H-pyrrole nitrogens is 1. The second kappa shape index (κ2) is 6.76. The molecule has 0 spiro atoms. The summed E-state index contributed by atoms with van der Waals surface area (Å²) in [5.74, 6) is 0.243. The van der Waals surface area contributed by atoms with Gasteiger partial charge in [0.1, 0.15) is 6.10 Å². The molecule has 0 aliphatic carbocycles. The van der Waals surface area contributed by atoms with E-state index in [1.807, 2.05) is 0 Å². The quantitative estimate of drug-likeness (QED) is 0.796. The van der Waals surface area contributed by atoms with Crippen LogP contribution in [0.5, 0.6) is 0 Å². The molecule has 1 aromatic heterocycles. The van der Waals surface area contributed by atoms with Gasteiger partial charge in [-0.05, 0) is 24.3 Å². The van der Waals surface area contributed by atoms with Gasteiger partial charge in [-0.2, -0.15) is 5.21 Å². The monoisotopic (exact) mass is 366 g/mol. The summed E-state index contributed by atoms with van der Waals surface area (Å²) >= 11 is 0. The highest BCUT2D eigenvalue weighted by Crippen LogP contribution is 2.21. The maximum Gasteiger partial charge on any atom is 0.254 e. The van der Waals surface area contributed by atoms with E-state index in [-0.39, 0.29) is 5.91 Å². The average Bonchev–Trinajstić information content (AvgIpc) is 3.15. The van der Waals surface area contributed by atoms with Crippen LogP contribution in [0.15, 0.2) is 24.3 Å². The number of aromatic amines is 1. The van der Waals surface area contributed by atoms with Crippen LogP contribution in [0.2, 0.25) is 0 Å². The van der Waals surface area contributed by atoms with Gasteiger partial charge < -0.3 is 9.64 Å². The van der Waals surface area contributed by atoms with E-state index < -0.39 is 16.1 Å². The van der Waals surface area contributed by atoms with Gasteiger partial charge in [-0.25, -0.2) is 8.42 Å². The lowest BCUT2D eigenvalue weighted by Crippen LogP contribution is -2.42. The Labute approximate surface area is 144 Å². The van der Waals surface area contributed by atoms with E-state index in [4.69, 9.17) is 4.74 Å². The maximum atomic E-state index is 12.7. The van der Waals surface area contributed by atoms with Crippen molar-refractivity contribution in [2.24, 2.45) is 0 Å². The average molecular weight is 366 g/mol. The van der Waals surface area contributed by atoms with Crippen molar-refractivity contribution in [1.82, 2.24) is 25.5 Å². The number of anilines is 1. The maximum absolute atomic E-state index is 12.7. The van der Waals surface area contributed by atoms with Gasteiger partial charge in [0.05, 0.1) is 25.1 Å². The number of tetrazole rings is 1. The third-order valence-corrected chi connectivity index (χ3v) is 5.18. The first-order chi connectivity index (χ1) is 11.9. The van der Waals surface area contributed by atoms with Gasteiger partial charge in [0.15, 0.2) is 0 Å². The number of sulfonamides is 1. The number of aromatic nitrogens is 4. The predicted molar refractivity (Wildman–Crippen MR) is 88.5 cm³/mol. The van der Waals surface area contributed by atoms with E-state index >= 15 is 0 Å². The minimum atomic E-state index is -3.34. The molecule has 1 aliphatic rings. The minimum Gasteiger partial charge on any atom is -0.366 e. The van der Waals surface area contributed by atoms with Crippen LogP contribution in [0.3, 0.4) is 0 Å². The van der Waals surface area contributed by atoms with Gasteiger partial charge >= 0.3 is 0 Å². The third-order valence-electron chi connectivity index (χ3n) is 3.98.